The molecule has 0 amide bonds. The third-order valence-corrected chi connectivity index (χ3v) is 3.02. The molecule has 0 aliphatic carbocycles. The number of benzene rings is 1. The predicted octanol–water partition coefficient (Wildman–Crippen LogP) is 3.34. The van der Waals surface area contributed by atoms with Gasteiger partial charge < -0.3 is 5.11 Å². The highest BCUT2D eigenvalue weighted by Gasteiger charge is 2.17. The first-order valence-corrected chi connectivity index (χ1v) is 5.21. The second-order valence-corrected chi connectivity index (χ2v) is 3.94. The largest absolute Gasteiger partial charge is 0.393 e. The van der Waals surface area contributed by atoms with E-state index in [1.165, 1.54) is 0 Å². The lowest BCUT2D eigenvalue weighted by Gasteiger charge is -2.19. The monoisotopic (exact) mass is 211 g/mol. The Morgan fingerprint density at radius 2 is 2.14 bits per heavy atom. The van der Waals surface area contributed by atoms with Crippen molar-refractivity contribution in [2.24, 2.45) is 0 Å². The van der Waals surface area contributed by atoms with Crippen LogP contribution in [0.2, 0.25) is 5.02 Å². The van der Waals surface area contributed by atoms with Gasteiger partial charge in [0.25, 0.3) is 0 Å². The quantitative estimate of drug-likeness (QED) is 0.813. The summed E-state index contributed by atoms with van der Waals surface area (Å²) in [6, 6.07) is 5.82. The molecule has 0 aromatic heterocycles. The van der Waals surface area contributed by atoms with Gasteiger partial charge in [0.15, 0.2) is 0 Å². The second-order valence-electron chi connectivity index (χ2n) is 3.56. The lowest BCUT2D eigenvalue weighted by atomic mass is 9.93. The van der Waals surface area contributed by atoms with Crippen LogP contribution in [0.4, 0.5) is 0 Å². The Bertz CT molecular complexity index is 309. The van der Waals surface area contributed by atoms with Gasteiger partial charge in [-0.15, -0.1) is 0 Å². The predicted molar refractivity (Wildman–Crippen MR) is 60.6 cm³/mol. The molecule has 0 bridgehead atoms. The maximum atomic E-state index is 9.67. The number of halogens is 1. The minimum absolute atomic E-state index is 0.146. The molecule has 77 valence electrons. The second kappa shape index (κ2) is 4.81. The summed E-state index contributed by atoms with van der Waals surface area (Å²) in [5.74, 6) is -0.146. The summed E-state index contributed by atoms with van der Waals surface area (Å²) in [5, 5.41) is 10.4. The molecule has 0 fully saturated rings. The molecular weight excluding hydrogens is 196 g/mol. The van der Waals surface area contributed by atoms with Gasteiger partial charge in [0.2, 0.25) is 0 Å². The van der Waals surface area contributed by atoms with Gasteiger partial charge in [-0.2, -0.15) is 0 Å². The molecule has 1 N–H and O–H groups in total. The third kappa shape index (κ3) is 2.28. The molecule has 0 aliphatic rings. The van der Waals surface area contributed by atoms with Crippen molar-refractivity contribution in [2.75, 3.05) is 0 Å². The fourth-order valence-corrected chi connectivity index (χ4v) is 1.71. The normalized spacial score (nSPS) is 15.2. The molecule has 1 rings (SSSR count). The van der Waals surface area contributed by atoms with Gasteiger partial charge in [0.1, 0.15) is 0 Å². The lowest BCUT2D eigenvalue weighted by Crippen LogP contribution is -2.15. The number of hydrogen-bond donors (Lipinski definition) is 1. The molecule has 1 radical (unpaired) electrons. The molecule has 0 saturated heterocycles. The minimum Gasteiger partial charge on any atom is -0.393 e. The van der Waals surface area contributed by atoms with E-state index in [-0.39, 0.29) is 5.92 Å². The average molecular weight is 212 g/mol. The van der Waals surface area contributed by atoms with Crippen LogP contribution in [0.3, 0.4) is 0 Å². The van der Waals surface area contributed by atoms with Crippen LogP contribution in [-0.4, -0.2) is 11.2 Å². The van der Waals surface area contributed by atoms with Crippen LogP contribution in [-0.2, 0) is 0 Å². The fourth-order valence-electron chi connectivity index (χ4n) is 1.45. The van der Waals surface area contributed by atoms with Crippen molar-refractivity contribution < 1.29 is 5.11 Å². The average Bonchev–Trinajstić information content (AvgIpc) is 2.20. The van der Waals surface area contributed by atoms with Crippen molar-refractivity contribution in [1.82, 2.24) is 0 Å². The number of aliphatic hydroxyl groups is 1. The topological polar surface area (TPSA) is 20.2 Å². The summed E-state index contributed by atoms with van der Waals surface area (Å²) in [4.78, 5) is 0. The highest BCUT2D eigenvalue weighted by atomic mass is 35.5. The SMILES string of the molecule is [CH2]C(c1cccc(C)c1Cl)C(O)CC. The summed E-state index contributed by atoms with van der Waals surface area (Å²) in [6.07, 6.45) is 0.271. The maximum Gasteiger partial charge on any atom is 0.0606 e. The van der Waals surface area contributed by atoms with E-state index in [0.717, 1.165) is 16.1 Å². The summed E-state index contributed by atoms with van der Waals surface area (Å²) >= 11 is 6.14. The molecule has 0 aliphatic heterocycles. The first-order valence-electron chi connectivity index (χ1n) is 4.84. The summed E-state index contributed by atoms with van der Waals surface area (Å²) < 4.78 is 0. The molecule has 0 spiro atoms. The molecule has 0 heterocycles. The van der Waals surface area contributed by atoms with E-state index in [0.29, 0.717) is 6.42 Å². The number of aryl methyl sites for hydroxylation is 1. The molecule has 1 aromatic carbocycles. The molecular formula is C12H16ClO. The zero-order valence-electron chi connectivity index (χ0n) is 8.63. The first kappa shape index (κ1) is 11.5. The minimum atomic E-state index is -0.422. The lowest BCUT2D eigenvalue weighted by molar-refractivity contribution is 0.154. The third-order valence-electron chi connectivity index (χ3n) is 2.50. The Balaban J connectivity index is 3.01. The van der Waals surface area contributed by atoms with E-state index >= 15 is 0 Å². The zero-order chi connectivity index (χ0) is 10.7. The zero-order valence-corrected chi connectivity index (χ0v) is 9.38. The van der Waals surface area contributed by atoms with Crippen LogP contribution >= 0.6 is 11.6 Å². The van der Waals surface area contributed by atoms with Crippen molar-refractivity contribution in [2.45, 2.75) is 32.3 Å². The van der Waals surface area contributed by atoms with Gasteiger partial charge in [0, 0.05) is 10.9 Å². The van der Waals surface area contributed by atoms with E-state index in [1.807, 2.05) is 32.0 Å². The smallest absolute Gasteiger partial charge is 0.0606 e. The first-order chi connectivity index (χ1) is 6.57. The number of rotatable bonds is 3. The number of aliphatic hydroxyl groups excluding tert-OH is 1. The summed E-state index contributed by atoms with van der Waals surface area (Å²) in [6.45, 7) is 7.84. The van der Waals surface area contributed by atoms with Crippen LogP contribution in [0, 0.1) is 13.8 Å². The van der Waals surface area contributed by atoms with Crippen molar-refractivity contribution in [1.29, 1.82) is 0 Å². The van der Waals surface area contributed by atoms with Gasteiger partial charge in [-0.1, -0.05) is 36.7 Å². The Labute approximate surface area is 90.7 Å². The van der Waals surface area contributed by atoms with Crippen molar-refractivity contribution in [3.8, 4) is 0 Å². The van der Waals surface area contributed by atoms with E-state index in [9.17, 15) is 5.11 Å². The van der Waals surface area contributed by atoms with E-state index in [1.54, 1.807) is 0 Å². The summed E-state index contributed by atoms with van der Waals surface area (Å²) in [5.41, 5.74) is 1.96. The van der Waals surface area contributed by atoms with E-state index in [2.05, 4.69) is 6.92 Å². The molecule has 14 heavy (non-hydrogen) atoms. The Hall–Kier alpha value is -0.530. The van der Waals surface area contributed by atoms with Crippen LogP contribution in [0.15, 0.2) is 18.2 Å². The van der Waals surface area contributed by atoms with Crippen molar-refractivity contribution in [3.63, 3.8) is 0 Å². The standard InChI is InChI=1S/C12H16ClO/c1-4-11(14)9(3)10-7-5-6-8(2)12(10)13/h5-7,9,11,14H,3-4H2,1-2H3. The highest BCUT2D eigenvalue weighted by molar-refractivity contribution is 6.32. The Morgan fingerprint density at radius 3 is 2.71 bits per heavy atom. The van der Waals surface area contributed by atoms with Crippen molar-refractivity contribution >= 4 is 11.6 Å². The fraction of sp³-hybridized carbons (Fsp3) is 0.417. The molecule has 0 saturated carbocycles. The molecule has 2 heteroatoms. The van der Waals surface area contributed by atoms with Gasteiger partial charge in [-0.25, -0.2) is 0 Å². The Kier molecular flexibility index (Phi) is 3.97. The van der Waals surface area contributed by atoms with Gasteiger partial charge in [0.05, 0.1) is 6.10 Å². The Morgan fingerprint density at radius 1 is 1.50 bits per heavy atom. The summed E-state index contributed by atoms with van der Waals surface area (Å²) in [7, 11) is 0. The highest BCUT2D eigenvalue weighted by Crippen LogP contribution is 2.29. The van der Waals surface area contributed by atoms with Gasteiger partial charge in [-0.3, -0.25) is 0 Å². The van der Waals surface area contributed by atoms with Crippen LogP contribution in [0.5, 0.6) is 0 Å². The molecule has 2 unspecified atom stereocenters. The van der Waals surface area contributed by atoms with E-state index < -0.39 is 6.10 Å². The maximum absolute atomic E-state index is 9.67. The van der Waals surface area contributed by atoms with Crippen molar-refractivity contribution in [3.05, 3.63) is 41.3 Å². The van der Waals surface area contributed by atoms with Crippen LogP contribution in [0.25, 0.3) is 0 Å². The molecule has 1 aromatic rings. The van der Waals surface area contributed by atoms with Crippen LogP contribution in [0.1, 0.15) is 30.4 Å². The molecule has 1 nitrogen and oxygen atoms in total. The molecule has 2 atom stereocenters. The number of hydrogen-bond acceptors (Lipinski definition) is 1. The van der Waals surface area contributed by atoms with Gasteiger partial charge >= 0.3 is 0 Å². The van der Waals surface area contributed by atoms with E-state index in [4.69, 9.17) is 11.6 Å². The van der Waals surface area contributed by atoms with Crippen LogP contribution < -0.4 is 0 Å². The van der Waals surface area contributed by atoms with Gasteiger partial charge in [-0.05, 0) is 31.4 Å².